The molecule has 0 aromatic heterocycles. The SMILES string of the molecule is CCNC(=O)NC(=O)[C@@H](C)[NH2+]C[C@@H]1COc2ccccc2O1. The van der Waals surface area contributed by atoms with Crippen molar-refractivity contribution in [1.29, 1.82) is 0 Å². The Labute approximate surface area is 129 Å². The second kappa shape index (κ2) is 7.65. The molecule has 2 rings (SSSR count). The van der Waals surface area contributed by atoms with Crippen LogP contribution >= 0.6 is 0 Å². The number of hydrogen-bond acceptors (Lipinski definition) is 4. The van der Waals surface area contributed by atoms with Gasteiger partial charge >= 0.3 is 6.03 Å². The van der Waals surface area contributed by atoms with E-state index in [1.165, 1.54) is 0 Å². The summed E-state index contributed by atoms with van der Waals surface area (Å²) in [7, 11) is 0. The Balaban J connectivity index is 1.76. The second-order valence-electron chi connectivity index (χ2n) is 5.11. The summed E-state index contributed by atoms with van der Waals surface area (Å²) in [6, 6.07) is 6.63. The maximum atomic E-state index is 11.8. The van der Waals surface area contributed by atoms with E-state index in [2.05, 4.69) is 10.6 Å². The number of fused-ring (bicyclic) bond motifs is 1. The van der Waals surface area contributed by atoms with E-state index < -0.39 is 6.03 Å². The van der Waals surface area contributed by atoms with Crippen molar-refractivity contribution >= 4 is 11.9 Å². The molecule has 0 saturated heterocycles. The highest BCUT2D eigenvalue weighted by molar-refractivity contribution is 5.96. The quantitative estimate of drug-likeness (QED) is 0.691. The van der Waals surface area contributed by atoms with E-state index in [1.54, 1.807) is 13.8 Å². The zero-order valence-electron chi connectivity index (χ0n) is 12.8. The summed E-state index contributed by atoms with van der Waals surface area (Å²) in [4.78, 5) is 23.1. The summed E-state index contributed by atoms with van der Waals surface area (Å²) >= 11 is 0. The molecule has 0 saturated carbocycles. The normalized spacial score (nSPS) is 17.5. The Morgan fingerprint density at radius 3 is 2.82 bits per heavy atom. The lowest BCUT2D eigenvalue weighted by molar-refractivity contribution is -0.678. The Kier molecular flexibility index (Phi) is 5.60. The molecule has 1 aromatic carbocycles. The topological polar surface area (TPSA) is 93.3 Å². The Bertz CT molecular complexity index is 535. The molecule has 1 heterocycles. The molecule has 0 bridgehead atoms. The van der Waals surface area contributed by atoms with Gasteiger partial charge in [-0.05, 0) is 26.0 Å². The smallest absolute Gasteiger partial charge is 0.321 e. The van der Waals surface area contributed by atoms with Crippen LogP contribution in [0.2, 0.25) is 0 Å². The van der Waals surface area contributed by atoms with Crippen LogP contribution in [0.1, 0.15) is 13.8 Å². The first-order chi connectivity index (χ1) is 10.6. The number of ether oxygens (including phenoxy) is 2. The number of quaternary nitrogens is 1. The van der Waals surface area contributed by atoms with Crippen LogP contribution in [0, 0.1) is 0 Å². The standard InChI is InChI=1S/C15H21N3O4/c1-3-16-15(20)18-14(19)10(2)17-8-11-9-21-12-6-4-5-7-13(12)22-11/h4-7,10-11,17H,3,8-9H2,1-2H3,(H2,16,18,19,20)/p+1/t10-,11-/m1/s1. The van der Waals surface area contributed by atoms with Crippen molar-refractivity contribution in [3.05, 3.63) is 24.3 Å². The molecular weight excluding hydrogens is 286 g/mol. The highest BCUT2D eigenvalue weighted by Gasteiger charge is 2.25. The van der Waals surface area contributed by atoms with Crippen LogP contribution in [0.4, 0.5) is 4.79 Å². The Morgan fingerprint density at radius 2 is 2.09 bits per heavy atom. The molecular formula is C15H22N3O4+. The van der Waals surface area contributed by atoms with Gasteiger partial charge in [0, 0.05) is 6.54 Å². The predicted octanol–water partition coefficient (Wildman–Crippen LogP) is -0.376. The van der Waals surface area contributed by atoms with Crippen molar-refractivity contribution in [3.63, 3.8) is 0 Å². The van der Waals surface area contributed by atoms with Gasteiger partial charge in [-0.3, -0.25) is 10.1 Å². The molecule has 0 unspecified atom stereocenters. The van der Waals surface area contributed by atoms with Gasteiger partial charge in [-0.1, -0.05) is 12.1 Å². The van der Waals surface area contributed by atoms with E-state index in [4.69, 9.17) is 9.47 Å². The van der Waals surface area contributed by atoms with E-state index in [9.17, 15) is 9.59 Å². The summed E-state index contributed by atoms with van der Waals surface area (Å²) in [6.07, 6.45) is -0.130. The fraction of sp³-hybridized carbons (Fsp3) is 0.467. The van der Waals surface area contributed by atoms with Gasteiger partial charge in [-0.25, -0.2) is 4.79 Å². The van der Waals surface area contributed by atoms with Crippen molar-refractivity contribution in [2.45, 2.75) is 26.0 Å². The average molecular weight is 308 g/mol. The number of nitrogens with two attached hydrogens (primary N) is 1. The van der Waals surface area contributed by atoms with Crippen molar-refractivity contribution < 1.29 is 24.4 Å². The molecule has 22 heavy (non-hydrogen) atoms. The van der Waals surface area contributed by atoms with Crippen LogP contribution in [-0.2, 0) is 4.79 Å². The summed E-state index contributed by atoms with van der Waals surface area (Å²) in [5.74, 6) is 1.12. The largest absolute Gasteiger partial charge is 0.486 e. The van der Waals surface area contributed by atoms with Crippen LogP contribution in [0.15, 0.2) is 24.3 Å². The maximum absolute atomic E-state index is 11.8. The summed E-state index contributed by atoms with van der Waals surface area (Å²) in [5.41, 5.74) is 0. The molecule has 1 aromatic rings. The molecule has 0 radical (unpaired) electrons. The highest BCUT2D eigenvalue weighted by Crippen LogP contribution is 2.30. The van der Waals surface area contributed by atoms with Gasteiger partial charge in [0.15, 0.2) is 23.6 Å². The van der Waals surface area contributed by atoms with Crippen molar-refractivity contribution in [1.82, 2.24) is 10.6 Å². The molecule has 120 valence electrons. The molecule has 1 aliphatic heterocycles. The first-order valence-electron chi connectivity index (χ1n) is 7.40. The molecule has 2 atom stereocenters. The average Bonchev–Trinajstić information content (AvgIpc) is 2.52. The molecule has 4 N–H and O–H groups in total. The van der Waals surface area contributed by atoms with Crippen molar-refractivity contribution in [3.8, 4) is 11.5 Å². The minimum atomic E-state index is -0.473. The van der Waals surface area contributed by atoms with E-state index >= 15 is 0 Å². The lowest BCUT2D eigenvalue weighted by Crippen LogP contribution is -2.94. The number of carbonyl (C=O) groups is 2. The number of urea groups is 1. The molecule has 3 amide bonds. The van der Waals surface area contributed by atoms with E-state index in [-0.39, 0.29) is 18.1 Å². The van der Waals surface area contributed by atoms with Crippen LogP contribution in [0.5, 0.6) is 11.5 Å². The molecule has 7 nitrogen and oxygen atoms in total. The van der Waals surface area contributed by atoms with E-state index in [1.807, 2.05) is 29.6 Å². The lowest BCUT2D eigenvalue weighted by atomic mass is 10.2. The van der Waals surface area contributed by atoms with Gasteiger partial charge in [-0.15, -0.1) is 0 Å². The molecule has 7 heteroatoms. The van der Waals surface area contributed by atoms with Gasteiger partial charge in [0.05, 0.1) is 0 Å². The number of nitrogens with one attached hydrogen (secondary N) is 2. The molecule has 0 spiro atoms. The third-order valence-electron chi connectivity index (χ3n) is 3.31. The first kappa shape index (κ1) is 16.1. The minimum Gasteiger partial charge on any atom is -0.486 e. The van der Waals surface area contributed by atoms with Crippen molar-refractivity contribution in [2.24, 2.45) is 0 Å². The number of amides is 3. The third-order valence-corrected chi connectivity index (χ3v) is 3.31. The zero-order chi connectivity index (χ0) is 15.9. The fourth-order valence-electron chi connectivity index (χ4n) is 2.07. The van der Waals surface area contributed by atoms with Gasteiger partial charge < -0.3 is 20.1 Å². The summed E-state index contributed by atoms with van der Waals surface area (Å²) < 4.78 is 11.4. The van der Waals surface area contributed by atoms with Crippen LogP contribution in [0.3, 0.4) is 0 Å². The molecule has 1 aliphatic rings. The fourth-order valence-corrected chi connectivity index (χ4v) is 2.07. The maximum Gasteiger partial charge on any atom is 0.321 e. The number of carbonyl (C=O) groups excluding carboxylic acids is 2. The van der Waals surface area contributed by atoms with Gasteiger partial charge in [-0.2, -0.15) is 0 Å². The molecule has 0 fully saturated rings. The number of rotatable bonds is 5. The third kappa shape index (κ3) is 4.36. The molecule has 0 aliphatic carbocycles. The summed E-state index contributed by atoms with van der Waals surface area (Å²) in [5, 5.41) is 6.64. The lowest BCUT2D eigenvalue weighted by Gasteiger charge is -2.26. The number of benzene rings is 1. The Morgan fingerprint density at radius 1 is 1.36 bits per heavy atom. The van der Waals surface area contributed by atoms with Gasteiger partial charge in [0.2, 0.25) is 0 Å². The number of hydrogen-bond donors (Lipinski definition) is 3. The van der Waals surface area contributed by atoms with Crippen LogP contribution < -0.4 is 25.4 Å². The highest BCUT2D eigenvalue weighted by atomic mass is 16.6. The Hall–Kier alpha value is -2.28. The second-order valence-corrected chi connectivity index (χ2v) is 5.11. The van der Waals surface area contributed by atoms with Gasteiger partial charge in [0.25, 0.3) is 5.91 Å². The van der Waals surface area contributed by atoms with Crippen LogP contribution in [0.25, 0.3) is 0 Å². The number of para-hydroxylation sites is 2. The van der Waals surface area contributed by atoms with Crippen molar-refractivity contribution in [2.75, 3.05) is 19.7 Å². The first-order valence-corrected chi connectivity index (χ1v) is 7.40. The van der Waals surface area contributed by atoms with Crippen LogP contribution in [-0.4, -0.2) is 43.8 Å². The number of imide groups is 1. The minimum absolute atomic E-state index is 0.130. The van der Waals surface area contributed by atoms with Gasteiger partial charge in [0.1, 0.15) is 13.2 Å². The van der Waals surface area contributed by atoms with E-state index in [0.717, 1.165) is 5.75 Å². The predicted molar refractivity (Wildman–Crippen MR) is 79.8 cm³/mol. The summed E-state index contributed by atoms with van der Waals surface area (Å²) in [6.45, 7) is 5.02. The monoisotopic (exact) mass is 308 g/mol. The zero-order valence-corrected chi connectivity index (χ0v) is 12.8. The van der Waals surface area contributed by atoms with E-state index in [0.29, 0.717) is 25.4 Å².